The summed E-state index contributed by atoms with van der Waals surface area (Å²) in [5.74, 6) is 1.22. The molecule has 0 saturated carbocycles. The summed E-state index contributed by atoms with van der Waals surface area (Å²) in [6.45, 7) is 1.71. The molecule has 0 unspecified atom stereocenters. The quantitative estimate of drug-likeness (QED) is 0.677. The van der Waals surface area contributed by atoms with E-state index >= 15 is 0 Å². The molecule has 3 rings (SSSR count). The van der Waals surface area contributed by atoms with Crippen molar-refractivity contribution < 1.29 is 19.0 Å². The average molecular weight is 386 g/mol. The fourth-order valence-corrected chi connectivity index (χ4v) is 3.73. The number of aromatic nitrogens is 2. The molecule has 3 aromatic rings. The number of hydrogen-bond acceptors (Lipinski definition) is 7. The van der Waals surface area contributed by atoms with Gasteiger partial charge >= 0.3 is 5.97 Å². The van der Waals surface area contributed by atoms with Crippen molar-refractivity contribution in [2.45, 2.75) is 6.92 Å². The summed E-state index contributed by atoms with van der Waals surface area (Å²) < 4.78 is 15.3. The molecule has 0 amide bonds. The van der Waals surface area contributed by atoms with Crippen LogP contribution >= 0.6 is 11.3 Å². The number of H-pyrrole nitrogens is 1. The minimum Gasteiger partial charge on any atom is -0.497 e. The van der Waals surface area contributed by atoms with Gasteiger partial charge in [0, 0.05) is 6.07 Å². The van der Waals surface area contributed by atoms with Gasteiger partial charge in [-0.1, -0.05) is 6.08 Å². The number of methoxy groups -OCH3 is 3. The van der Waals surface area contributed by atoms with Crippen molar-refractivity contribution in [3.05, 3.63) is 50.4 Å². The van der Waals surface area contributed by atoms with Crippen LogP contribution in [-0.2, 0) is 4.74 Å². The van der Waals surface area contributed by atoms with Crippen molar-refractivity contribution in [1.82, 2.24) is 9.97 Å². The molecule has 0 radical (unpaired) electrons. The number of carbonyl (C=O) groups excluding carboxylic acids is 1. The maximum absolute atomic E-state index is 12.4. The molecule has 2 heterocycles. The number of thiophene rings is 1. The summed E-state index contributed by atoms with van der Waals surface area (Å²) in [5.41, 5.74) is 1.10. The Labute approximate surface area is 159 Å². The number of esters is 1. The fraction of sp³-hybridized carbons (Fsp3) is 0.211. The van der Waals surface area contributed by atoms with Crippen molar-refractivity contribution in [1.29, 1.82) is 0 Å². The standard InChI is InChI=1S/C19H18N2O5S/c1-10-15-17(22)20-14(21-18(15)27-16(10)19(23)26-4)6-5-11-7-12(24-2)9-13(8-11)25-3/h5-9H,1-4H3,(H,20,21,22)/b6-5+. The van der Waals surface area contributed by atoms with Crippen LogP contribution < -0.4 is 15.0 Å². The lowest BCUT2D eigenvalue weighted by Gasteiger charge is -2.05. The molecule has 8 heteroatoms. The minimum atomic E-state index is -0.476. The summed E-state index contributed by atoms with van der Waals surface area (Å²) in [7, 11) is 4.46. The summed E-state index contributed by atoms with van der Waals surface area (Å²) in [6.07, 6.45) is 3.47. The maximum Gasteiger partial charge on any atom is 0.348 e. The van der Waals surface area contributed by atoms with Gasteiger partial charge in [-0.15, -0.1) is 11.3 Å². The lowest BCUT2D eigenvalue weighted by Crippen LogP contribution is -2.09. The zero-order chi connectivity index (χ0) is 19.6. The third-order valence-electron chi connectivity index (χ3n) is 4.00. The van der Waals surface area contributed by atoms with E-state index in [0.717, 1.165) is 16.9 Å². The van der Waals surface area contributed by atoms with Crippen LogP contribution in [0.5, 0.6) is 11.5 Å². The van der Waals surface area contributed by atoms with E-state index in [2.05, 4.69) is 9.97 Å². The van der Waals surface area contributed by atoms with E-state index in [1.807, 2.05) is 12.1 Å². The molecule has 0 atom stereocenters. The number of nitrogens with zero attached hydrogens (tertiary/aromatic N) is 1. The molecule has 2 aromatic heterocycles. The van der Waals surface area contributed by atoms with Crippen LogP contribution in [0.25, 0.3) is 22.4 Å². The molecular weight excluding hydrogens is 368 g/mol. The number of ether oxygens (including phenoxy) is 3. The summed E-state index contributed by atoms with van der Waals surface area (Å²) >= 11 is 1.14. The number of carbonyl (C=O) groups is 1. The zero-order valence-electron chi connectivity index (χ0n) is 15.3. The van der Waals surface area contributed by atoms with E-state index in [1.165, 1.54) is 7.11 Å². The highest BCUT2D eigenvalue weighted by molar-refractivity contribution is 7.20. The van der Waals surface area contributed by atoms with Crippen LogP contribution in [0.4, 0.5) is 0 Å². The highest BCUT2D eigenvalue weighted by atomic mass is 32.1. The van der Waals surface area contributed by atoms with Crippen LogP contribution in [0.3, 0.4) is 0 Å². The van der Waals surface area contributed by atoms with Crippen LogP contribution in [-0.4, -0.2) is 37.3 Å². The van der Waals surface area contributed by atoms with Crippen LogP contribution in [0, 0.1) is 6.92 Å². The predicted molar refractivity (Wildman–Crippen MR) is 105 cm³/mol. The third-order valence-corrected chi connectivity index (χ3v) is 5.16. The Bertz CT molecular complexity index is 1080. The molecule has 140 valence electrons. The van der Waals surface area contributed by atoms with Crippen molar-refractivity contribution in [2.75, 3.05) is 21.3 Å². The van der Waals surface area contributed by atoms with Crippen LogP contribution in [0.1, 0.15) is 26.6 Å². The van der Waals surface area contributed by atoms with Gasteiger partial charge in [0.2, 0.25) is 0 Å². The second-order valence-corrected chi connectivity index (χ2v) is 6.66. The van der Waals surface area contributed by atoms with Gasteiger partial charge in [0.05, 0.1) is 26.7 Å². The number of rotatable bonds is 5. The number of hydrogen-bond donors (Lipinski definition) is 1. The van der Waals surface area contributed by atoms with Gasteiger partial charge in [-0.25, -0.2) is 9.78 Å². The number of aryl methyl sites for hydroxylation is 1. The summed E-state index contributed by atoms with van der Waals surface area (Å²) in [5, 5.41) is 0.403. The number of nitrogens with one attached hydrogen (secondary N) is 1. The molecule has 0 aliphatic heterocycles. The average Bonchev–Trinajstić information content (AvgIpc) is 3.02. The molecule has 1 N–H and O–H groups in total. The molecule has 1 aromatic carbocycles. The van der Waals surface area contributed by atoms with E-state index in [-0.39, 0.29) is 5.56 Å². The SMILES string of the molecule is COC(=O)c1sc2nc(/C=C/c3cc(OC)cc(OC)c3)[nH]c(=O)c2c1C. The summed E-state index contributed by atoms with van der Waals surface area (Å²) in [4.78, 5) is 32.3. The van der Waals surface area contributed by atoms with E-state index < -0.39 is 5.97 Å². The normalized spacial score (nSPS) is 11.1. The lowest BCUT2D eigenvalue weighted by atomic mass is 10.2. The van der Waals surface area contributed by atoms with Gasteiger partial charge in [0.15, 0.2) is 0 Å². The van der Waals surface area contributed by atoms with E-state index in [4.69, 9.17) is 14.2 Å². The largest absolute Gasteiger partial charge is 0.497 e. The second-order valence-electron chi connectivity index (χ2n) is 5.66. The fourth-order valence-electron chi connectivity index (χ4n) is 2.63. The first-order chi connectivity index (χ1) is 13.0. The molecule has 0 spiro atoms. The van der Waals surface area contributed by atoms with Crippen LogP contribution in [0.15, 0.2) is 23.0 Å². The highest BCUT2D eigenvalue weighted by Crippen LogP contribution is 2.28. The van der Waals surface area contributed by atoms with E-state index in [9.17, 15) is 9.59 Å². The zero-order valence-corrected chi connectivity index (χ0v) is 16.1. The summed E-state index contributed by atoms with van der Waals surface area (Å²) in [6, 6.07) is 5.44. The molecule has 0 aliphatic carbocycles. The highest BCUT2D eigenvalue weighted by Gasteiger charge is 2.19. The van der Waals surface area contributed by atoms with Gasteiger partial charge in [-0.3, -0.25) is 4.79 Å². The Morgan fingerprint density at radius 1 is 1.11 bits per heavy atom. The second kappa shape index (κ2) is 7.63. The third kappa shape index (κ3) is 3.70. The molecule has 0 saturated heterocycles. The Morgan fingerprint density at radius 3 is 2.37 bits per heavy atom. The first-order valence-corrected chi connectivity index (χ1v) is 8.81. The number of benzene rings is 1. The number of fused-ring (bicyclic) bond motifs is 1. The van der Waals surface area contributed by atoms with Gasteiger partial charge in [-0.05, 0) is 36.3 Å². The number of aromatic amines is 1. The predicted octanol–water partition coefficient (Wildman–Crippen LogP) is 3.27. The monoisotopic (exact) mass is 386 g/mol. The van der Waals surface area contributed by atoms with Crippen molar-refractivity contribution in [3.8, 4) is 11.5 Å². The van der Waals surface area contributed by atoms with Crippen molar-refractivity contribution in [3.63, 3.8) is 0 Å². The van der Waals surface area contributed by atoms with E-state index in [0.29, 0.717) is 38.0 Å². The Hall–Kier alpha value is -3.13. The first-order valence-electron chi connectivity index (χ1n) is 7.99. The molecule has 0 bridgehead atoms. The molecule has 27 heavy (non-hydrogen) atoms. The smallest absolute Gasteiger partial charge is 0.348 e. The maximum atomic E-state index is 12.4. The van der Waals surface area contributed by atoms with Gasteiger partial charge < -0.3 is 19.2 Å². The van der Waals surface area contributed by atoms with E-state index in [1.54, 1.807) is 39.4 Å². The minimum absolute atomic E-state index is 0.299. The topological polar surface area (TPSA) is 90.5 Å². The lowest BCUT2D eigenvalue weighted by molar-refractivity contribution is 0.0605. The molecule has 0 aliphatic rings. The van der Waals surface area contributed by atoms with Crippen molar-refractivity contribution in [2.24, 2.45) is 0 Å². The first kappa shape index (κ1) is 18.7. The Balaban J connectivity index is 2.02. The molecule has 0 fully saturated rings. The van der Waals surface area contributed by atoms with Crippen molar-refractivity contribution >= 4 is 39.7 Å². The van der Waals surface area contributed by atoms with Crippen LogP contribution in [0.2, 0.25) is 0 Å². The Morgan fingerprint density at radius 2 is 1.78 bits per heavy atom. The van der Waals surface area contributed by atoms with Gasteiger partial charge in [-0.2, -0.15) is 0 Å². The Kier molecular flexibility index (Phi) is 5.27. The van der Waals surface area contributed by atoms with Gasteiger partial charge in [0.1, 0.15) is 27.0 Å². The molecule has 7 nitrogen and oxygen atoms in total. The van der Waals surface area contributed by atoms with Gasteiger partial charge in [0.25, 0.3) is 5.56 Å². The molecular formula is C19H18N2O5S.